The largest absolute Gasteiger partial charge is 0.281 e. The van der Waals surface area contributed by atoms with Gasteiger partial charge in [0.1, 0.15) is 0 Å². The first-order chi connectivity index (χ1) is 17.8. The first kappa shape index (κ1) is 21.0. The summed E-state index contributed by atoms with van der Waals surface area (Å²) in [5.41, 5.74) is 6.66. The summed E-state index contributed by atoms with van der Waals surface area (Å²) in [5, 5.41) is 13.9. The molecule has 4 heteroatoms. The van der Waals surface area contributed by atoms with Crippen LogP contribution in [0.2, 0.25) is 0 Å². The highest BCUT2D eigenvalue weighted by Gasteiger charge is 2.15. The van der Waals surface area contributed by atoms with E-state index in [0.29, 0.717) is 0 Å². The van der Waals surface area contributed by atoms with Crippen LogP contribution in [0.4, 0.5) is 0 Å². The maximum Gasteiger partial charge on any atom is 0.169 e. The summed E-state index contributed by atoms with van der Waals surface area (Å²) in [6.07, 6.45) is 2.17. The quantitative estimate of drug-likeness (QED) is 0.230. The molecule has 170 valence electrons. The summed E-state index contributed by atoms with van der Waals surface area (Å²) in [6, 6.07) is 40.5. The van der Waals surface area contributed by atoms with Gasteiger partial charge >= 0.3 is 0 Å². The van der Waals surface area contributed by atoms with Gasteiger partial charge in [-0.05, 0) is 45.0 Å². The van der Waals surface area contributed by atoms with Crippen LogP contribution < -0.4 is 0 Å². The molecule has 36 heavy (non-hydrogen) atoms. The molecule has 0 aliphatic heterocycles. The maximum atomic E-state index is 4.56. The Kier molecular flexibility index (Phi) is 4.93. The third kappa shape index (κ3) is 3.42. The van der Waals surface area contributed by atoms with Gasteiger partial charge in [-0.1, -0.05) is 119 Å². The maximum absolute atomic E-state index is 4.56. The van der Waals surface area contributed by atoms with E-state index in [1.807, 2.05) is 12.1 Å². The minimum Gasteiger partial charge on any atom is -0.281 e. The number of benzene rings is 5. The lowest BCUT2D eigenvalue weighted by Gasteiger charge is -2.12. The Bertz CT molecular complexity index is 1880. The summed E-state index contributed by atoms with van der Waals surface area (Å²) >= 11 is 3.53. The molecule has 0 aliphatic carbocycles. The van der Waals surface area contributed by atoms with Crippen LogP contribution in [0.3, 0.4) is 0 Å². The normalized spacial score (nSPS) is 11.5. The summed E-state index contributed by atoms with van der Waals surface area (Å²) in [6.45, 7) is 0. The van der Waals surface area contributed by atoms with E-state index in [0.717, 1.165) is 43.4 Å². The van der Waals surface area contributed by atoms with Gasteiger partial charge in [0.05, 0.1) is 0 Å². The van der Waals surface area contributed by atoms with E-state index in [2.05, 4.69) is 140 Å². The van der Waals surface area contributed by atoms with Crippen molar-refractivity contribution in [2.75, 3.05) is 0 Å². The van der Waals surface area contributed by atoms with Gasteiger partial charge in [-0.15, -0.1) is 10.2 Å². The van der Waals surface area contributed by atoms with Crippen LogP contribution in [0, 0.1) is 0 Å². The number of halogens is 1. The zero-order valence-electron chi connectivity index (χ0n) is 19.3. The monoisotopic (exact) mass is 525 g/mol. The Balaban J connectivity index is 1.41. The summed E-state index contributed by atoms with van der Waals surface area (Å²) in [7, 11) is 0. The zero-order valence-corrected chi connectivity index (χ0v) is 20.9. The Hall–Kier alpha value is -4.28. The van der Waals surface area contributed by atoms with E-state index >= 15 is 0 Å². The molecule has 0 N–H and O–H groups in total. The van der Waals surface area contributed by atoms with Gasteiger partial charge in [-0.25, -0.2) is 0 Å². The molecule has 0 unspecified atom stereocenters. The minimum atomic E-state index is 0.830. The minimum absolute atomic E-state index is 0.830. The molecule has 0 spiro atoms. The number of pyridine rings is 1. The van der Waals surface area contributed by atoms with E-state index in [1.165, 1.54) is 21.9 Å². The lowest BCUT2D eigenvalue weighted by molar-refractivity contribution is 1.11. The lowest BCUT2D eigenvalue weighted by atomic mass is 9.95. The average molecular weight is 526 g/mol. The summed E-state index contributed by atoms with van der Waals surface area (Å²) in [4.78, 5) is 0. The van der Waals surface area contributed by atoms with Gasteiger partial charge < -0.3 is 0 Å². The highest BCUT2D eigenvalue weighted by molar-refractivity contribution is 9.10. The molecule has 0 saturated carbocycles. The molecule has 2 heterocycles. The molecular formula is C32H20BrN3. The van der Waals surface area contributed by atoms with Crippen LogP contribution >= 0.6 is 15.9 Å². The van der Waals surface area contributed by atoms with Crippen molar-refractivity contribution in [1.82, 2.24) is 14.6 Å². The van der Waals surface area contributed by atoms with Crippen molar-refractivity contribution in [2.45, 2.75) is 0 Å². The Morgan fingerprint density at radius 3 is 1.89 bits per heavy atom. The van der Waals surface area contributed by atoms with Gasteiger partial charge in [0.2, 0.25) is 0 Å². The second-order valence-corrected chi connectivity index (χ2v) is 9.83. The standard InChI is InChI=1S/C32H20BrN3/c33-25-18-16-24(17-19-25)31-34-35-32-29-10-4-3-9-28(29)30(20-36(31)32)23-14-12-22(13-15-23)27-11-5-7-21-6-1-2-8-26(21)27/h1-20H. The third-order valence-corrected chi connectivity index (χ3v) is 7.34. The van der Waals surface area contributed by atoms with E-state index in [4.69, 9.17) is 0 Å². The van der Waals surface area contributed by atoms with Crippen molar-refractivity contribution >= 4 is 43.1 Å². The molecule has 7 rings (SSSR count). The predicted molar refractivity (Wildman–Crippen MR) is 152 cm³/mol. The number of hydrogen-bond donors (Lipinski definition) is 0. The number of rotatable bonds is 3. The Morgan fingerprint density at radius 2 is 1.11 bits per heavy atom. The fourth-order valence-corrected chi connectivity index (χ4v) is 5.31. The number of fused-ring (bicyclic) bond motifs is 4. The van der Waals surface area contributed by atoms with Gasteiger partial charge in [-0.3, -0.25) is 4.40 Å². The molecule has 5 aromatic carbocycles. The van der Waals surface area contributed by atoms with E-state index in [1.54, 1.807) is 0 Å². The molecule has 0 saturated heterocycles. The molecule has 0 amide bonds. The SMILES string of the molecule is Brc1ccc(-c2nnc3c4ccccc4c(-c4ccc(-c5cccc6ccccc56)cc4)cn23)cc1. The number of nitrogens with zero attached hydrogens (tertiary/aromatic N) is 3. The number of aromatic nitrogens is 3. The predicted octanol–water partition coefficient (Wildman–Crippen LogP) is 8.80. The summed E-state index contributed by atoms with van der Waals surface area (Å²) in [5.74, 6) is 0.830. The van der Waals surface area contributed by atoms with Crippen LogP contribution in [0.25, 0.3) is 60.8 Å². The van der Waals surface area contributed by atoms with Gasteiger partial charge in [0.25, 0.3) is 0 Å². The second-order valence-electron chi connectivity index (χ2n) is 8.92. The molecule has 0 atom stereocenters. The van der Waals surface area contributed by atoms with Crippen LogP contribution in [-0.2, 0) is 0 Å². The molecule has 7 aromatic rings. The second kappa shape index (κ2) is 8.43. The first-order valence-electron chi connectivity index (χ1n) is 11.9. The Labute approximate surface area is 216 Å². The van der Waals surface area contributed by atoms with Crippen LogP contribution in [0.1, 0.15) is 0 Å². The molecular weight excluding hydrogens is 506 g/mol. The smallest absolute Gasteiger partial charge is 0.169 e. The third-order valence-electron chi connectivity index (χ3n) is 6.81. The van der Waals surface area contributed by atoms with Gasteiger partial charge in [-0.2, -0.15) is 0 Å². The fourth-order valence-electron chi connectivity index (χ4n) is 5.04. The van der Waals surface area contributed by atoms with Crippen molar-refractivity contribution in [1.29, 1.82) is 0 Å². The Morgan fingerprint density at radius 1 is 0.500 bits per heavy atom. The molecule has 0 radical (unpaired) electrons. The zero-order chi connectivity index (χ0) is 24.1. The van der Waals surface area contributed by atoms with E-state index in [-0.39, 0.29) is 0 Å². The summed E-state index contributed by atoms with van der Waals surface area (Å²) < 4.78 is 3.15. The van der Waals surface area contributed by atoms with Crippen molar-refractivity contribution in [2.24, 2.45) is 0 Å². The van der Waals surface area contributed by atoms with E-state index in [9.17, 15) is 0 Å². The highest BCUT2D eigenvalue weighted by Crippen LogP contribution is 2.35. The highest BCUT2D eigenvalue weighted by atomic mass is 79.9. The van der Waals surface area contributed by atoms with Gasteiger partial charge in [0, 0.05) is 27.2 Å². The fraction of sp³-hybridized carbons (Fsp3) is 0. The first-order valence-corrected chi connectivity index (χ1v) is 12.7. The number of hydrogen-bond acceptors (Lipinski definition) is 2. The molecule has 2 aromatic heterocycles. The van der Waals surface area contributed by atoms with Crippen molar-refractivity contribution in [3.05, 3.63) is 126 Å². The van der Waals surface area contributed by atoms with Crippen LogP contribution in [0.15, 0.2) is 126 Å². The topological polar surface area (TPSA) is 30.2 Å². The van der Waals surface area contributed by atoms with Crippen molar-refractivity contribution < 1.29 is 0 Å². The van der Waals surface area contributed by atoms with Crippen LogP contribution in [0.5, 0.6) is 0 Å². The molecule has 3 nitrogen and oxygen atoms in total. The van der Waals surface area contributed by atoms with Crippen molar-refractivity contribution in [3.8, 4) is 33.6 Å². The van der Waals surface area contributed by atoms with Crippen LogP contribution in [-0.4, -0.2) is 14.6 Å². The lowest BCUT2D eigenvalue weighted by Crippen LogP contribution is -1.93. The average Bonchev–Trinajstić information content (AvgIpc) is 3.37. The van der Waals surface area contributed by atoms with Crippen molar-refractivity contribution in [3.63, 3.8) is 0 Å². The molecule has 0 fully saturated rings. The van der Waals surface area contributed by atoms with Gasteiger partial charge in [0.15, 0.2) is 11.5 Å². The van der Waals surface area contributed by atoms with E-state index < -0.39 is 0 Å². The molecule has 0 bridgehead atoms. The molecule has 0 aliphatic rings.